The lowest BCUT2D eigenvalue weighted by atomic mass is 9.99. The maximum Gasteiger partial charge on any atom is 0.305 e. The zero-order chi connectivity index (χ0) is 56.8. The van der Waals surface area contributed by atoms with Gasteiger partial charge in [0.15, 0.2) is 0 Å². The summed E-state index contributed by atoms with van der Waals surface area (Å²) in [6, 6.07) is 15.3. The quantitative estimate of drug-likeness (QED) is 0.0705. The fraction of sp³-hybridized carbons (Fsp3) is 0.386. The van der Waals surface area contributed by atoms with Crippen molar-refractivity contribution < 1.29 is 58.5 Å². The number of fused-ring (bicyclic) bond motifs is 2. The number of rotatable bonds is 14. The second-order valence-electron chi connectivity index (χ2n) is 20.3. The van der Waals surface area contributed by atoms with Crippen LogP contribution in [0, 0.1) is 5.92 Å². The van der Waals surface area contributed by atoms with E-state index in [9.17, 15) is 58.5 Å². The van der Waals surface area contributed by atoms with Gasteiger partial charge in [-0.2, -0.15) is 0 Å². The molecule has 0 spiro atoms. The van der Waals surface area contributed by atoms with E-state index in [1.807, 2.05) is 18.2 Å². The number of benzene rings is 4. The molecule has 2 fully saturated rings. The van der Waals surface area contributed by atoms with Crippen LogP contribution < -0.4 is 43.0 Å². The lowest BCUT2D eigenvalue weighted by Crippen LogP contribution is -2.61. The summed E-state index contributed by atoms with van der Waals surface area (Å²) in [5.41, 5.74) is 8.38. The minimum Gasteiger partial charge on any atom is -0.508 e. The lowest BCUT2D eigenvalue weighted by Gasteiger charge is -2.32. The van der Waals surface area contributed by atoms with Crippen LogP contribution in [0.25, 0.3) is 10.9 Å². The summed E-state index contributed by atoms with van der Waals surface area (Å²) >= 11 is 0. The summed E-state index contributed by atoms with van der Waals surface area (Å²) in [6.07, 6.45) is 1.40. The molecule has 4 aromatic carbocycles. The molecule has 2 aliphatic rings. The Hall–Kier alpha value is -8.79. The van der Waals surface area contributed by atoms with Crippen molar-refractivity contribution in [2.45, 2.75) is 120 Å². The Labute approximate surface area is 456 Å². The number of phenols is 2. The molecule has 0 bridgehead atoms. The number of aliphatic carboxylic acids is 1. The number of hydrogen-bond donors (Lipinski definition) is 12. The van der Waals surface area contributed by atoms with Crippen molar-refractivity contribution in [3.8, 4) is 11.5 Å². The van der Waals surface area contributed by atoms with Gasteiger partial charge in [-0.3, -0.25) is 43.2 Å². The zero-order valence-corrected chi connectivity index (χ0v) is 43.9. The number of carbonyl (C=O) groups is 9. The van der Waals surface area contributed by atoms with Crippen LogP contribution in [0.1, 0.15) is 80.7 Å². The van der Waals surface area contributed by atoms with Gasteiger partial charge in [-0.05, 0) is 97.2 Å². The Balaban J connectivity index is 1.32. The number of hydrogen-bond acceptors (Lipinski definition) is 12. The molecule has 22 nitrogen and oxygen atoms in total. The molecule has 0 aliphatic carbocycles. The number of H-pyrrole nitrogens is 1. The molecule has 22 heteroatoms. The number of para-hydroxylation sites is 1. The summed E-state index contributed by atoms with van der Waals surface area (Å²) < 4.78 is 0. The molecule has 79 heavy (non-hydrogen) atoms. The first-order valence-electron chi connectivity index (χ1n) is 26.4. The topological polar surface area (TPSA) is 344 Å². The molecule has 0 saturated carbocycles. The molecule has 13 N–H and O–H groups in total. The van der Waals surface area contributed by atoms with Crippen LogP contribution in [0.5, 0.6) is 11.5 Å². The van der Waals surface area contributed by atoms with Crippen LogP contribution in [0.15, 0.2) is 109 Å². The van der Waals surface area contributed by atoms with Crippen LogP contribution in [-0.2, 0) is 62.4 Å². The third kappa shape index (κ3) is 15.5. The highest BCUT2D eigenvalue weighted by Gasteiger charge is 2.42. The van der Waals surface area contributed by atoms with E-state index >= 15 is 0 Å². The average molecular weight is 1090 g/mol. The first-order valence-corrected chi connectivity index (χ1v) is 26.4. The number of carbonyl (C=O) groups excluding carboxylic acids is 8. The number of nitrogens with zero attached hydrogens (tertiary/aromatic N) is 1. The van der Waals surface area contributed by atoms with Gasteiger partial charge in [-0.15, -0.1) is 0 Å². The zero-order valence-electron chi connectivity index (χ0n) is 43.9. The number of amides is 8. The second kappa shape index (κ2) is 27.0. The van der Waals surface area contributed by atoms with E-state index in [4.69, 9.17) is 5.73 Å². The van der Waals surface area contributed by atoms with Crippen molar-refractivity contribution in [1.82, 2.24) is 47.1 Å². The van der Waals surface area contributed by atoms with Crippen LogP contribution >= 0.6 is 0 Å². The molecule has 7 rings (SSSR count). The van der Waals surface area contributed by atoms with Gasteiger partial charge in [0.1, 0.15) is 59.8 Å². The summed E-state index contributed by atoms with van der Waals surface area (Å²) in [5, 5.41) is 50.1. The number of phenolic OH excluding ortho intramolecular Hbond substituents is 2. The smallest absolute Gasteiger partial charge is 0.305 e. The van der Waals surface area contributed by atoms with Crippen LogP contribution in [-0.4, -0.2) is 134 Å². The highest BCUT2D eigenvalue weighted by atomic mass is 16.4. The fourth-order valence-electron chi connectivity index (χ4n) is 9.81. The Morgan fingerprint density at radius 2 is 1.13 bits per heavy atom. The molecule has 2 aliphatic heterocycles. The molecule has 418 valence electrons. The second-order valence-corrected chi connectivity index (χ2v) is 20.3. The maximum absolute atomic E-state index is 14.9. The van der Waals surface area contributed by atoms with Crippen LogP contribution in [0.4, 0.5) is 0 Å². The monoisotopic (exact) mass is 1080 g/mol. The van der Waals surface area contributed by atoms with Gasteiger partial charge in [0.05, 0.1) is 6.42 Å². The van der Waals surface area contributed by atoms with E-state index in [1.165, 1.54) is 53.4 Å². The van der Waals surface area contributed by atoms with E-state index in [-0.39, 0.29) is 62.3 Å². The van der Waals surface area contributed by atoms with E-state index in [2.05, 4.69) is 42.2 Å². The minimum absolute atomic E-state index is 0.0323. The van der Waals surface area contributed by atoms with Gasteiger partial charge >= 0.3 is 5.97 Å². The number of nitrogens with two attached hydrogens (primary N) is 1. The van der Waals surface area contributed by atoms with Gasteiger partial charge < -0.3 is 68.2 Å². The molecule has 0 radical (unpaired) electrons. The molecule has 5 aromatic rings. The first-order chi connectivity index (χ1) is 37.9. The van der Waals surface area contributed by atoms with E-state index < -0.39 is 114 Å². The maximum atomic E-state index is 14.9. The van der Waals surface area contributed by atoms with Crippen molar-refractivity contribution in [2.75, 3.05) is 13.1 Å². The first kappa shape index (κ1) is 57.9. The number of aromatic hydroxyl groups is 2. The summed E-state index contributed by atoms with van der Waals surface area (Å²) in [6.45, 7) is 3.64. The van der Waals surface area contributed by atoms with Gasteiger partial charge in [-0.1, -0.05) is 86.6 Å². The van der Waals surface area contributed by atoms with E-state index in [0.29, 0.717) is 36.0 Å². The summed E-state index contributed by atoms with van der Waals surface area (Å²) in [7, 11) is 0. The van der Waals surface area contributed by atoms with Crippen molar-refractivity contribution in [2.24, 2.45) is 11.7 Å². The minimum atomic E-state index is -1.85. The Morgan fingerprint density at radius 3 is 1.75 bits per heavy atom. The van der Waals surface area contributed by atoms with Gasteiger partial charge in [0, 0.05) is 42.9 Å². The van der Waals surface area contributed by atoms with E-state index in [0.717, 1.165) is 10.9 Å². The predicted octanol–water partition coefficient (Wildman–Crippen LogP) is 1.64. The van der Waals surface area contributed by atoms with Crippen molar-refractivity contribution in [3.05, 3.63) is 132 Å². The highest BCUT2D eigenvalue weighted by Crippen LogP contribution is 2.27. The normalized spacial score (nSPS) is 23.3. The molecule has 8 unspecified atom stereocenters. The highest BCUT2D eigenvalue weighted by molar-refractivity contribution is 6.00. The van der Waals surface area contributed by atoms with Gasteiger partial charge in [-0.25, -0.2) is 0 Å². The standard InChI is InChI=1S/C57H68N10O12/c1-32(2)48-56(78)66-49(35-19-23-38(69)24-20-35)57(79)67-26-10-16-46(67)55(77)64-43(28-34-17-21-37(68)22-18-34)52(74)63-45(30-47(70)71)54(76)61-42(27-33-11-4-3-5-12-33)51(73)62-44(29-36-31-59-40-14-7-6-13-39(36)40)53(75)60-41(50(72)65-48)15-8-9-25-58/h3-7,11-14,17-24,31-32,41-46,48-49,59,68-69H,8-10,15-16,25-30,58H2,1-2H3,(H,60,75)(H,61,76)(H,62,73)(H,63,74)(H,64,77)(H,65,72)(H,66,78)(H,70,71). The molecule has 1 aromatic heterocycles. The SMILES string of the molecule is CC(C)C1NC(=O)C(CCCCN)NC(=O)C(Cc2c[nH]c3ccccc23)NC(=O)C(Cc2ccccc2)NC(=O)C(CC(=O)O)NC(=O)C(Cc2ccc(O)cc2)NC(=O)C2CCCN2C(=O)C(c2ccc(O)cc2)NC1=O. The number of unbranched alkanes of at least 4 members (excludes halogenated alkanes) is 1. The lowest BCUT2D eigenvalue weighted by molar-refractivity contribution is -0.143. The molecular formula is C57H68N10O12. The predicted molar refractivity (Wildman–Crippen MR) is 289 cm³/mol. The van der Waals surface area contributed by atoms with Crippen molar-refractivity contribution in [1.29, 1.82) is 0 Å². The Morgan fingerprint density at radius 1 is 0.595 bits per heavy atom. The van der Waals surface area contributed by atoms with Crippen molar-refractivity contribution >= 4 is 64.1 Å². The van der Waals surface area contributed by atoms with Gasteiger partial charge in [0.2, 0.25) is 47.3 Å². The van der Waals surface area contributed by atoms with E-state index in [1.54, 1.807) is 56.4 Å². The number of aromatic nitrogens is 1. The Kier molecular flexibility index (Phi) is 19.8. The molecule has 8 atom stereocenters. The third-order valence-electron chi connectivity index (χ3n) is 14.1. The fourth-order valence-corrected chi connectivity index (χ4v) is 9.81. The molecule has 2 saturated heterocycles. The molecule has 8 amide bonds. The molecular weight excluding hydrogens is 1020 g/mol. The number of carboxylic acid groups (broad SMARTS) is 1. The average Bonchev–Trinajstić information content (AvgIpc) is 4.12. The number of carboxylic acids is 1. The Bertz CT molecular complexity index is 2990. The third-order valence-corrected chi connectivity index (χ3v) is 14.1. The summed E-state index contributed by atoms with van der Waals surface area (Å²) in [4.78, 5) is 134. The summed E-state index contributed by atoms with van der Waals surface area (Å²) in [5.74, 6) is -9.26. The van der Waals surface area contributed by atoms with Gasteiger partial charge in [0.25, 0.3) is 0 Å². The molecule has 3 heterocycles. The largest absolute Gasteiger partial charge is 0.508 e. The number of aromatic amines is 1. The van der Waals surface area contributed by atoms with Crippen LogP contribution in [0.2, 0.25) is 0 Å². The van der Waals surface area contributed by atoms with Crippen LogP contribution in [0.3, 0.4) is 0 Å². The number of nitrogens with one attached hydrogen (secondary N) is 8. The van der Waals surface area contributed by atoms with Crippen molar-refractivity contribution in [3.63, 3.8) is 0 Å².